The number of carbonyl (C=O) groups is 1. The van der Waals surface area contributed by atoms with E-state index in [1.54, 1.807) is 18.2 Å². The molecule has 0 aliphatic carbocycles. The van der Waals surface area contributed by atoms with Crippen LogP contribution < -0.4 is 9.47 Å². The van der Waals surface area contributed by atoms with Crippen LogP contribution in [0.25, 0.3) is 0 Å². The van der Waals surface area contributed by atoms with Crippen LogP contribution in [0, 0.1) is 12.3 Å². The van der Waals surface area contributed by atoms with Crippen molar-refractivity contribution in [1.82, 2.24) is 0 Å². The molecule has 1 heterocycles. The zero-order valence-electron chi connectivity index (χ0n) is 10.3. The molecule has 0 spiro atoms. The summed E-state index contributed by atoms with van der Waals surface area (Å²) in [5.41, 5.74) is -0.772. The van der Waals surface area contributed by atoms with Crippen molar-refractivity contribution in [2.24, 2.45) is 0 Å². The normalized spacial score (nSPS) is 17.9. The van der Waals surface area contributed by atoms with Gasteiger partial charge in [0, 0.05) is 6.07 Å². The third-order valence-electron chi connectivity index (χ3n) is 2.67. The molecule has 0 unspecified atom stereocenters. The Hall–Kier alpha value is -1.99. The fraction of sp³-hybridized carbons (Fsp3) is 0.357. The average molecular weight is 246 g/mol. The predicted octanol–water partition coefficient (Wildman–Crippen LogP) is 1.41. The number of carbonyl (C=O) groups excluding carboxylic acids is 1. The zero-order chi connectivity index (χ0) is 13.3. The van der Waals surface area contributed by atoms with Crippen molar-refractivity contribution in [3.8, 4) is 23.8 Å². The van der Waals surface area contributed by atoms with Crippen molar-refractivity contribution in [2.45, 2.75) is 25.6 Å². The molecular formula is C14H14O4. The van der Waals surface area contributed by atoms with Crippen molar-refractivity contribution in [3.63, 3.8) is 0 Å². The molecule has 1 N–H and O–H groups in total. The number of rotatable bonds is 3. The molecule has 1 aromatic carbocycles. The highest BCUT2D eigenvalue weighted by atomic mass is 16.5. The molecule has 0 saturated carbocycles. The minimum Gasteiger partial charge on any atom is -0.481 e. The number of fused-ring (bicyclic) bond motifs is 1. The van der Waals surface area contributed by atoms with Gasteiger partial charge in [-0.05, 0) is 26.0 Å². The lowest BCUT2D eigenvalue weighted by molar-refractivity contribution is -0.0139. The van der Waals surface area contributed by atoms with Gasteiger partial charge in [0.2, 0.25) is 5.78 Å². The number of ether oxygens (including phenoxy) is 2. The van der Waals surface area contributed by atoms with Crippen molar-refractivity contribution in [3.05, 3.63) is 23.8 Å². The van der Waals surface area contributed by atoms with Crippen LogP contribution in [-0.2, 0) is 0 Å². The second-order valence-corrected chi connectivity index (χ2v) is 4.67. The number of Topliss-reactive ketones (excluding diaryl/α,β-unsaturated/α-hetero) is 1. The van der Waals surface area contributed by atoms with Gasteiger partial charge in [-0.3, -0.25) is 4.79 Å². The zero-order valence-corrected chi connectivity index (χ0v) is 10.3. The number of benzene rings is 1. The van der Waals surface area contributed by atoms with Gasteiger partial charge in [-0.1, -0.05) is 5.92 Å². The summed E-state index contributed by atoms with van der Waals surface area (Å²) < 4.78 is 10.7. The van der Waals surface area contributed by atoms with E-state index in [1.165, 1.54) is 13.8 Å². The molecule has 4 heteroatoms. The van der Waals surface area contributed by atoms with Crippen molar-refractivity contribution >= 4 is 5.78 Å². The second kappa shape index (κ2) is 4.35. The van der Waals surface area contributed by atoms with Crippen LogP contribution in [0.5, 0.6) is 11.5 Å². The van der Waals surface area contributed by atoms with E-state index in [9.17, 15) is 9.90 Å². The Morgan fingerprint density at radius 2 is 2.28 bits per heavy atom. The molecule has 0 aromatic heterocycles. The first-order valence-electron chi connectivity index (χ1n) is 5.57. The van der Waals surface area contributed by atoms with Gasteiger partial charge in [-0.2, -0.15) is 0 Å². The van der Waals surface area contributed by atoms with Gasteiger partial charge in [0.05, 0.1) is 5.56 Å². The first kappa shape index (κ1) is 12.5. The Labute approximate surface area is 106 Å². The number of hydrogen-bond donors (Lipinski definition) is 1. The molecule has 0 fully saturated rings. The standard InChI is InChI=1S/C14H14O4/c1-4-7-17-9-5-6-10-11(8-9)18-13(12(10)15)14(2,3)16/h1,5-6,8,13,16H,7H2,2-3H3/t13-/m1/s1. The van der Waals surface area contributed by atoms with E-state index in [2.05, 4.69) is 5.92 Å². The Morgan fingerprint density at radius 3 is 2.89 bits per heavy atom. The van der Waals surface area contributed by atoms with Crippen molar-refractivity contribution < 1.29 is 19.4 Å². The number of aliphatic hydroxyl groups is 1. The third kappa shape index (κ3) is 2.18. The largest absolute Gasteiger partial charge is 0.481 e. The van der Waals surface area contributed by atoms with E-state index in [-0.39, 0.29) is 12.4 Å². The molecule has 0 bridgehead atoms. The molecule has 18 heavy (non-hydrogen) atoms. The SMILES string of the molecule is C#CCOc1ccc2c(c1)O[C@@H](C(C)(C)O)C2=O. The minimum atomic E-state index is -1.23. The van der Waals surface area contributed by atoms with Crippen LogP contribution in [0.3, 0.4) is 0 Å². The van der Waals surface area contributed by atoms with Gasteiger partial charge in [-0.15, -0.1) is 6.42 Å². The third-order valence-corrected chi connectivity index (χ3v) is 2.67. The molecule has 1 aliphatic rings. The highest BCUT2D eigenvalue weighted by Gasteiger charge is 2.42. The van der Waals surface area contributed by atoms with Gasteiger partial charge < -0.3 is 14.6 Å². The predicted molar refractivity (Wildman–Crippen MR) is 65.8 cm³/mol. The molecule has 0 saturated heterocycles. The molecule has 1 aliphatic heterocycles. The van der Waals surface area contributed by atoms with Crippen LogP contribution in [0.2, 0.25) is 0 Å². The molecule has 4 nitrogen and oxygen atoms in total. The summed E-state index contributed by atoms with van der Waals surface area (Å²) in [4.78, 5) is 12.0. The van der Waals surface area contributed by atoms with E-state index in [0.29, 0.717) is 17.1 Å². The van der Waals surface area contributed by atoms with E-state index >= 15 is 0 Å². The highest BCUT2D eigenvalue weighted by molar-refractivity contribution is 6.05. The van der Waals surface area contributed by atoms with E-state index < -0.39 is 11.7 Å². The maximum absolute atomic E-state index is 12.0. The monoisotopic (exact) mass is 246 g/mol. The van der Waals surface area contributed by atoms with Gasteiger partial charge in [0.15, 0.2) is 6.10 Å². The van der Waals surface area contributed by atoms with Crippen molar-refractivity contribution in [1.29, 1.82) is 0 Å². The van der Waals surface area contributed by atoms with E-state index in [1.807, 2.05) is 0 Å². The topological polar surface area (TPSA) is 55.8 Å². The lowest BCUT2D eigenvalue weighted by atomic mass is 9.96. The average Bonchev–Trinajstić information content (AvgIpc) is 2.63. The lowest BCUT2D eigenvalue weighted by Gasteiger charge is -2.23. The lowest BCUT2D eigenvalue weighted by Crippen LogP contribution is -2.43. The maximum atomic E-state index is 12.0. The summed E-state index contributed by atoms with van der Waals surface area (Å²) in [5.74, 6) is 3.09. The molecule has 1 aromatic rings. The molecule has 2 rings (SSSR count). The van der Waals surface area contributed by atoms with Gasteiger partial charge >= 0.3 is 0 Å². The fourth-order valence-corrected chi connectivity index (χ4v) is 1.81. The van der Waals surface area contributed by atoms with Crippen LogP contribution in [-0.4, -0.2) is 29.2 Å². The minimum absolute atomic E-state index is 0.154. The Kier molecular flexibility index (Phi) is 3.02. The van der Waals surface area contributed by atoms with Gasteiger partial charge in [0.25, 0.3) is 0 Å². The smallest absolute Gasteiger partial charge is 0.210 e. The summed E-state index contributed by atoms with van der Waals surface area (Å²) in [5, 5.41) is 9.87. The number of terminal acetylenes is 1. The summed E-state index contributed by atoms with van der Waals surface area (Å²) in [6, 6.07) is 4.88. The van der Waals surface area contributed by atoms with Crippen LogP contribution in [0.15, 0.2) is 18.2 Å². The first-order valence-corrected chi connectivity index (χ1v) is 5.57. The Morgan fingerprint density at radius 1 is 1.56 bits per heavy atom. The second-order valence-electron chi connectivity index (χ2n) is 4.67. The van der Waals surface area contributed by atoms with E-state index in [0.717, 1.165) is 0 Å². The summed E-state index contributed by atoms with van der Waals surface area (Å²) in [6.07, 6.45) is 4.22. The van der Waals surface area contributed by atoms with Gasteiger partial charge in [-0.25, -0.2) is 0 Å². The molecule has 0 amide bonds. The molecular weight excluding hydrogens is 232 g/mol. The van der Waals surface area contributed by atoms with Crippen LogP contribution in [0.4, 0.5) is 0 Å². The van der Waals surface area contributed by atoms with Gasteiger partial charge in [0.1, 0.15) is 23.7 Å². The van der Waals surface area contributed by atoms with E-state index in [4.69, 9.17) is 15.9 Å². The molecule has 94 valence electrons. The summed E-state index contributed by atoms with van der Waals surface area (Å²) >= 11 is 0. The quantitative estimate of drug-likeness (QED) is 0.819. The fourth-order valence-electron chi connectivity index (χ4n) is 1.81. The molecule has 1 atom stereocenters. The number of ketones is 1. The molecule has 0 radical (unpaired) electrons. The Bertz CT molecular complexity index is 520. The van der Waals surface area contributed by atoms with Crippen LogP contribution in [0.1, 0.15) is 24.2 Å². The Balaban J connectivity index is 2.27. The van der Waals surface area contributed by atoms with Crippen LogP contribution >= 0.6 is 0 Å². The van der Waals surface area contributed by atoms with Crippen molar-refractivity contribution in [2.75, 3.05) is 6.61 Å². The highest BCUT2D eigenvalue weighted by Crippen LogP contribution is 2.35. The summed E-state index contributed by atoms with van der Waals surface area (Å²) in [6.45, 7) is 3.23. The number of hydrogen-bond acceptors (Lipinski definition) is 4. The summed E-state index contributed by atoms with van der Waals surface area (Å²) in [7, 11) is 0. The maximum Gasteiger partial charge on any atom is 0.210 e. The first-order chi connectivity index (χ1) is 8.43.